The van der Waals surface area contributed by atoms with Crippen LogP contribution in [0.25, 0.3) is 0 Å². The Labute approximate surface area is 144 Å². The number of ether oxygens (including phenoxy) is 1. The maximum absolute atomic E-state index is 12.3. The molecule has 0 radical (unpaired) electrons. The Hall–Kier alpha value is -1.51. The van der Waals surface area contributed by atoms with E-state index in [1.807, 2.05) is 6.92 Å². The van der Waals surface area contributed by atoms with Gasteiger partial charge in [-0.25, -0.2) is 18.4 Å². The SMILES string of the molecule is CCSc1cnc(NS(=O)(=O)Cc2cccc(Cl)c2)c(OC)n1. The predicted molar refractivity (Wildman–Crippen MR) is 92.7 cm³/mol. The maximum atomic E-state index is 12.3. The largest absolute Gasteiger partial charge is 0.478 e. The molecule has 0 amide bonds. The molecule has 0 atom stereocenters. The summed E-state index contributed by atoms with van der Waals surface area (Å²) in [6, 6.07) is 6.67. The highest BCUT2D eigenvalue weighted by Crippen LogP contribution is 2.25. The van der Waals surface area contributed by atoms with Gasteiger partial charge in [0, 0.05) is 5.02 Å². The molecule has 0 aliphatic rings. The van der Waals surface area contributed by atoms with Crippen molar-refractivity contribution in [3.8, 4) is 5.88 Å². The molecule has 1 aromatic carbocycles. The number of rotatable bonds is 7. The van der Waals surface area contributed by atoms with Gasteiger partial charge in [0.2, 0.25) is 15.8 Å². The van der Waals surface area contributed by atoms with Gasteiger partial charge in [-0.05, 0) is 23.4 Å². The molecular formula is C14H16ClN3O3S2. The van der Waals surface area contributed by atoms with Crippen molar-refractivity contribution in [1.29, 1.82) is 0 Å². The second-order valence-electron chi connectivity index (χ2n) is 4.49. The summed E-state index contributed by atoms with van der Waals surface area (Å²) < 4.78 is 32.1. The Balaban J connectivity index is 2.19. The van der Waals surface area contributed by atoms with Crippen LogP contribution in [0.5, 0.6) is 5.88 Å². The minimum atomic E-state index is -3.66. The Bertz CT molecular complexity index is 785. The number of nitrogens with zero attached hydrogens (tertiary/aromatic N) is 2. The second kappa shape index (κ2) is 7.85. The Morgan fingerprint density at radius 1 is 1.39 bits per heavy atom. The summed E-state index contributed by atoms with van der Waals surface area (Å²) >= 11 is 7.36. The lowest BCUT2D eigenvalue weighted by atomic mass is 10.2. The topological polar surface area (TPSA) is 81.2 Å². The van der Waals surface area contributed by atoms with Crippen LogP contribution in [0.2, 0.25) is 5.02 Å². The standard InChI is InChI=1S/C14H16ClN3O3S2/c1-3-22-12-8-16-13(14(17-12)21-2)18-23(19,20)9-10-5-4-6-11(15)7-10/h4-8H,3,9H2,1-2H3,(H,16,18). The number of hydrogen-bond donors (Lipinski definition) is 1. The van der Waals surface area contributed by atoms with Crippen molar-refractivity contribution in [2.75, 3.05) is 17.6 Å². The first-order valence-electron chi connectivity index (χ1n) is 6.72. The van der Waals surface area contributed by atoms with Crippen LogP contribution in [-0.2, 0) is 15.8 Å². The molecule has 0 fully saturated rings. The molecule has 0 aliphatic carbocycles. The molecule has 0 aliphatic heterocycles. The van der Waals surface area contributed by atoms with Crippen LogP contribution in [0.1, 0.15) is 12.5 Å². The molecule has 9 heteroatoms. The lowest BCUT2D eigenvalue weighted by molar-refractivity contribution is 0.394. The van der Waals surface area contributed by atoms with Gasteiger partial charge in [0.1, 0.15) is 5.03 Å². The lowest BCUT2D eigenvalue weighted by Crippen LogP contribution is -2.17. The fourth-order valence-electron chi connectivity index (χ4n) is 1.82. The van der Waals surface area contributed by atoms with Gasteiger partial charge in [0.15, 0.2) is 0 Å². The highest BCUT2D eigenvalue weighted by atomic mass is 35.5. The summed E-state index contributed by atoms with van der Waals surface area (Å²) in [6.45, 7) is 1.99. The van der Waals surface area contributed by atoms with Gasteiger partial charge in [-0.2, -0.15) is 0 Å². The normalized spacial score (nSPS) is 11.3. The molecule has 0 bridgehead atoms. The van der Waals surface area contributed by atoms with E-state index in [4.69, 9.17) is 16.3 Å². The smallest absolute Gasteiger partial charge is 0.259 e. The molecule has 2 rings (SSSR count). The first-order valence-corrected chi connectivity index (χ1v) is 9.74. The highest BCUT2D eigenvalue weighted by molar-refractivity contribution is 7.99. The summed E-state index contributed by atoms with van der Waals surface area (Å²) in [4.78, 5) is 8.30. The molecule has 6 nitrogen and oxygen atoms in total. The molecule has 124 valence electrons. The third-order valence-corrected chi connectivity index (χ3v) is 4.94. The number of hydrogen-bond acceptors (Lipinski definition) is 6. The quantitative estimate of drug-likeness (QED) is 0.750. The third kappa shape index (κ3) is 5.26. The number of anilines is 1. The summed E-state index contributed by atoms with van der Waals surface area (Å²) in [5, 5.41) is 1.15. The first kappa shape index (κ1) is 17.8. The second-order valence-corrected chi connectivity index (χ2v) is 7.93. The van der Waals surface area contributed by atoms with Crippen LogP contribution in [0, 0.1) is 0 Å². The van der Waals surface area contributed by atoms with E-state index in [0.717, 1.165) is 5.75 Å². The summed E-state index contributed by atoms with van der Waals surface area (Å²) in [5.74, 6) is 0.815. The van der Waals surface area contributed by atoms with E-state index in [1.165, 1.54) is 25.1 Å². The molecule has 2 aromatic rings. The van der Waals surface area contributed by atoms with Gasteiger partial charge >= 0.3 is 0 Å². The Morgan fingerprint density at radius 2 is 2.17 bits per heavy atom. The molecule has 0 saturated carbocycles. The van der Waals surface area contributed by atoms with E-state index in [9.17, 15) is 8.42 Å². The first-order chi connectivity index (χ1) is 10.9. The van der Waals surface area contributed by atoms with Gasteiger partial charge in [-0.3, -0.25) is 4.72 Å². The summed E-state index contributed by atoms with van der Waals surface area (Å²) in [5.41, 5.74) is 0.579. The van der Waals surface area contributed by atoms with Crippen molar-refractivity contribution in [2.24, 2.45) is 0 Å². The number of thioether (sulfide) groups is 1. The fraction of sp³-hybridized carbons (Fsp3) is 0.286. The monoisotopic (exact) mass is 373 g/mol. The molecule has 1 N–H and O–H groups in total. The molecule has 1 heterocycles. The van der Waals surface area contributed by atoms with E-state index in [-0.39, 0.29) is 17.5 Å². The van der Waals surface area contributed by atoms with E-state index < -0.39 is 10.0 Å². The third-order valence-electron chi connectivity index (χ3n) is 2.70. The molecule has 0 unspecified atom stereocenters. The molecular weight excluding hydrogens is 358 g/mol. The van der Waals surface area contributed by atoms with Crippen LogP contribution >= 0.6 is 23.4 Å². The maximum Gasteiger partial charge on any atom is 0.259 e. The van der Waals surface area contributed by atoms with Crippen LogP contribution < -0.4 is 9.46 Å². The Kier molecular flexibility index (Phi) is 6.09. The van der Waals surface area contributed by atoms with Gasteiger partial charge in [-0.15, -0.1) is 11.8 Å². The van der Waals surface area contributed by atoms with Crippen molar-refractivity contribution < 1.29 is 13.2 Å². The summed E-state index contributed by atoms with van der Waals surface area (Å²) in [6.07, 6.45) is 1.51. The fourth-order valence-corrected chi connectivity index (χ4v) is 3.72. The van der Waals surface area contributed by atoms with Crippen LogP contribution in [0.15, 0.2) is 35.5 Å². The zero-order valence-electron chi connectivity index (χ0n) is 12.6. The average molecular weight is 374 g/mol. The lowest BCUT2D eigenvalue weighted by Gasteiger charge is -2.11. The predicted octanol–water partition coefficient (Wildman–Crippen LogP) is 3.19. The van der Waals surface area contributed by atoms with Gasteiger partial charge in [0.05, 0.1) is 19.1 Å². The van der Waals surface area contributed by atoms with E-state index >= 15 is 0 Å². The van der Waals surface area contributed by atoms with Crippen molar-refractivity contribution in [3.63, 3.8) is 0 Å². The zero-order valence-corrected chi connectivity index (χ0v) is 15.0. The van der Waals surface area contributed by atoms with Crippen molar-refractivity contribution in [2.45, 2.75) is 17.7 Å². The van der Waals surface area contributed by atoms with Crippen molar-refractivity contribution >= 4 is 39.2 Å². The molecule has 0 spiro atoms. The highest BCUT2D eigenvalue weighted by Gasteiger charge is 2.17. The minimum Gasteiger partial charge on any atom is -0.478 e. The zero-order chi connectivity index (χ0) is 16.9. The number of sulfonamides is 1. The van der Waals surface area contributed by atoms with Crippen LogP contribution in [-0.4, -0.2) is 31.2 Å². The summed E-state index contributed by atoms with van der Waals surface area (Å²) in [7, 11) is -2.24. The number of aromatic nitrogens is 2. The number of benzene rings is 1. The average Bonchev–Trinajstić information content (AvgIpc) is 2.48. The molecule has 23 heavy (non-hydrogen) atoms. The molecule has 1 aromatic heterocycles. The van der Waals surface area contributed by atoms with Crippen molar-refractivity contribution in [3.05, 3.63) is 41.0 Å². The van der Waals surface area contributed by atoms with E-state index in [0.29, 0.717) is 15.6 Å². The minimum absolute atomic E-state index is 0.0648. The number of methoxy groups -OCH3 is 1. The number of halogens is 1. The van der Waals surface area contributed by atoms with E-state index in [1.54, 1.807) is 24.3 Å². The van der Waals surface area contributed by atoms with Crippen LogP contribution in [0.4, 0.5) is 5.82 Å². The molecule has 0 saturated heterocycles. The van der Waals surface area contributed by atoms with Crippen LogP contribution in [0.3, 0.4) is 0 Å². The van der Waals surface area contributed by atoms with Gasteiger partial charge in [0.25, 0.3) is 5.88 Å². The van der Waals surface area contributed by atoms with E-state index in [2.05, 4.69) is 14.7 Å². The number of nitrogens with one attached hydrogen (secondary N) is 1. The Morgan fingerprint density at radius 3 is 2.83 bits per heavy atom. The van der Waals surface area contributed by atoms with Gasteiger partial charge in [-0.1, -0.05) is 30.7 Å². The van der Waals surface area contributed by atoms with Gasteiger partial charge < -0.3 is 4.74 Å². The van der Waals surface area contributed by atoms with Crippen molar-refractivity contribution in [1.82, 2.24) is 9.97 Å².